The highest BCUT2D eigenvalue weighted by molar-refractivity contribution is 7.98. The quantitative estimate of drug-likeness (QED) is 0.425. The summed E-state index contributed by atoms with van der Waals surface area (Å²) in [7, 11) is 2.45. The third kappa shape index (κ3) is 6.00. The first-order valence-electron chi connectivity index (χ1n) is 11.5. The predicted octanol–water partition coefficient (Wildman–Crippen LogP) is 4.16. The molecule has 3 aromatic carbocycles. The molecule has 4 rings (SSSR count). The Hall–Kier alpha value is -4.11. The molecule has 37 heavy (non-hydrogen) atoms. The first kappa shape index (κ1) is 26.0. The number of anilines is 1. The van der Waals surface area contributed by atoms with Gasteiger partial charge in [-0.3, -0.25) is 9.59 Å². The molecule has 0 saturated carbocycles. The molecule has 0 unspecified atom stereocenters. The van der Waals surface area contributed by atoms with Crippen LogP contribution in [0.15, 0.2) is 72.8 Å². The highest BCUT2D eigenvalue weighted by Crippen LogP contribution is 2.27. The van der Waals surface area contributed by atoms with E-state index in [1.54, 1.807) is 28.8 Å². The number of thioether (sulfide) groups is 1. The second-order valence-electron chi connectivity index (χ2n) is 8.38. The Labute approximate surface area is 218 Å². The van der Waals surface area contributed by atoms with Gasteiger partial charge in [0.2, 0.25) is 5.91 Å². The van der Waals surface area contributed by atoms with Crippen LogP contribution in [0.1, 0.15) is 42.2 Å². The number of hydrogen-bond acceptors (Lipinski definition) is 7. The van der Waals surface area contributed by atoms with Crippen LogP contribution in [-0.4, -0.2) is 54.7 Å². The van der Waals surface area contributed by atoms with E-state index in [1.165, 1.54) is 32.4 Å². The average Bonchev–Trinajstić information content (AvgIpc) is 3.26. The van der Waals surface area contributed by atoms with Gasteiger partial charge in [0.15, 0.2) is 0 Å². The summed E-state index contributed by atoms with van der Waals surface area (Å²) in [6, 6.07) is 20.5. The normalized spacial score (nSPS) is 13.0. The number of rotatable bonds is 9. The van der Waals surface area contributed by atoms with Crippen molar-refractivity contribution in [2.75, 3.05) is 25.3 Å². The van der Waals surface area contributed by atoms with Crippen LogP contribution < -0.4 is 5.32 Å². The number of methoxy groups -OCH3 is 2. The molecule has 2 amide bonds. The van der Waals surface area contributed by atoms with E-state index in [2.05, 4.69) is 5.32 Å². The number of benzene rings is 3. The third-order valence-electron chi connectivity index (χ3n) is 5.96. The van der Waals surface area contributed by atoms with Gasteiger partial charge in [0.25, 0.3) is 5.91 Å². The van der Waals surface area contributed by atoms with Gasteiger partial charge in [-0.25, -0.2) is 9.59 Å². The van der Waals surface area contributed by atoms with Crippen molar-refractivity contribution in [1.29, 1.82) is 0 Å². The van der Waals surface area contributed by atoms with Crippen molar-refractivity contribution in [2.24, 2.45) is 0 Å². The molecule has 9 heteroatoms. The maximum atomic E-state index is 13.6. The van der Waals surface area contributed by atoms with E-state index in [1.807, 2.05) is 42.5 Å². The summed E-state index contributed by atoms with van der Waals surface area (Å²) >= 11 is 1.54. The van der Waals surface area contributed by atoms with E-state index in [0.717, 1.165) is 11.1 Å². The largest absolute Gasteiger partial charge is 0.465 e. The van der Waals surface area contributed by atoms with Crippen molar-refractivity contribution < 1.29 is 28.7 Å². The molecule has 0 saturated heterocycles. The molecule has 3 aromatic rings. The maximum absolute atomic E-state index is 13.6. The molecule has 0 radical (unpaired) electrons. The minimum Gasteiger partial charge on any atom is -0.465 e. The summed E-state index contributed by atoms with van der Waals surface area (Å²) in [4.78, 5) is 52.7. The number of nitrogens with zero attached hydrogens (tertiary/aromatic N) is 1. The summed E-state index contributed by atoms with van der Waals surface area (Å²) in [5.41, 5.74) is 2.93. The molecule has 190 valence electrons. The standard InChI is InChI=1S/C28H26N2O6S/c1-35-27(33)20-12-21(28(34)36-2)14-22(13-20)29-25(31)24(17-37-16-18-8-4-3-5-9-18)30-15-19-10-6-7-11-23(19)26(30)32/h3-14,24H,15-17H2,1-2H3,(H,29,31)/t24-/m0/s1. The van der Waals surface area contributed by atoms with Crippen LogP contribution in [0, 0.1) is 0 Å². The lowest BCUT2D eigenvalue weighted by Crippen LogP contribution is -2.46. The van der Waals surface area contributed by atoms with Gasteiger partial charge in [-0.05, 0) is 35.4 Å². The molecule has 1 atom stereocenters. The molecule has 1 aliphatic heterocycles. The number of ether oxygens (including phenoxy) is 2. The Kier molecular flexibility index (Phi) is 8.25. The summed E-state index contributed by atoms with van der Waals surface area (Å²) < 4.78 is 9.56. The monoisotopic (exact) mass is 518 g/mol. The van der Waals surface area contributed by atoms with Gasteiger partial charge in [-0.2, -0.15) is 11.8 Å². The highest BCUT2D eigenvalue weighted by atomic mass is 32.2. The van der Waals surface area contributed by atoms with E-state index in [9.17, 15) is 19.2 Å². The van der Waals surface area contributed by atoms with Gasteiger partial charge in [-0.1, -0.05) is 48.5 Å². The number of carbonyl (C=O) groups is 4. The molecule has 1 N–H and O–H groups in total. The lowest BCUT2D eigenvalue weighted by molar-refractivity contribution is -0.119. The summed E-state index contributed by atoms with van der Waals surface area (Å²) in [5.74, 6) is -0.956. The molecule has 0 spiro atoms. The van der Waals surface area contributed by atoms with Crippen molar-refractivity contribution in [3.8, 4) is 0 Å². The van der Waals surface area contributed by atoms with Crippen molar-refractivity contribution in [3.05, 3.63) is 101 Å². The second-order valence-corrected chi connectivity index (χ2v) is 9.41. The van der Waals surface area contributed by atoms with Crippen LogP contribution in [0.2, 0.25) is 0 Å². The molecule has 0 aromatic heterocycles. The Morgan fingerprint density at radius 2 is 1.54 bits per heavy atom. The number of fused-ring (bicyclic) bond motifs is 1. The number of carbonyl (C=O) groups excluding carboxylic acids is 4. The van der Waals surface area contributed by atoms with Crippen molar-refractivity contribution in [3.63, 3.8) is 0 Å². The van der Waals surface area contributed by atoms with Crippen LogP contribution in [-0.2, 0) is 26.6 Å². The third-order valence-corrected chi connectivity index (χ3v) is 7.05. The Bertz CT molecular complexity index is 1290. The SMILES string of the molecule is COC(=O)c1cc(NC(=O)[C@H](CSCc2ccccc2)N2Cc3ccccc3C2=O)cc(C(=O)OC)c1. The lowest BCUT2D eigenvalue weighted by atomic mass is 10.1. The van der Waals surface area contributed by atoms with E-state index in [-0.39, 0.29) is 22.7 Å². The first-order chi connectivity index (χ1) is 17.9. The zero-order chi connectivity index (χ0) is 26.4. The Balaban J connectivity index is 1.59. The number of esters is 2. The van der Waals surface area contributed by atoms with Crippen LogP contribution in [0.4, 0.5) is 5.69 Å². The fourth-order valence-corrected chi connectivity index (χ4v) is 5.20. The molecule has 0 bridgehead atoms. The summed E-state index contributed by atoms with van der Waals surface area (Å²) in [6.07, 6.45) is 0. The fraction of sp³-hybridized carbons (Fsp3) is 0.214. The summed E-state index contributed by atoms with van der Waals surface area (Å²) in [5, 5.41) is 2.79. The molecule has 0 aliphatic carbocycles. The van der Waals surface area contributed by atoms with E-state index in [4.69, 9.17) is 9.47 Å². The predicted molar refractivity (Wildman–Crippen MR) is 140 cm³/mol. The van der Waals surface area contributed by atoms with Gasteiger partial charge in [0, 0.05) is 29.3 Å². The van der Waals surface area contributed by atoms with E-state index < -0.39 is 23.9 Å². The fourth-order valence-electron chi connectivity index (χ4n) is 4.10. The minimum absolute atomic E-state index is 0.0837. The zero-order valence-electron chi connectivity index (χ0n) is 20.4. The van der Waals surface area contributed by atoms with Crippen LogP contribution in [0.5, 0.6) is 0 Å². The van der Waals surface area contributed by atoms with Crippen LogP contribution in [0.3, 0.4) is 0 Å². The second kappa shape index (κ2) is 11.7. The zero-order valence-corrected chi connectivity index (χ0v) is 21.2. The van der Waals surface area contributed by atoms with E-state index in [0.29, 0.717) is 23.6 Å². The number of amides is 2. The smallest absolute Gasteiger partial charge is 0.337 e. The Morgan fingerprint density at radius 3 is 2.16 bits per heavy atom. The number of hydrogen-bond donors (Lipinski definition) is 1. The van der Waals surface area contributed by atoms with Gasteiger partial charge in [0.05, 0.1) is 25.3 Å². The first-order valence-corrected chi connectivity index (χ1v) is 12.7. The highest BCUT2D eigenvalue weighted by Gasteiger charge is 2.36. The molecule has 8 nitrogen and oxygen atoms in total. The van der Waals surface area contributed by atoms with Gasteiger partial charge < -0.3 is 19.7 Å². The molecule has 1 aliphatic rings. The average molecular weight is 519 g/mol. The van der Waals surface area contributed by atoms with Crippen molar-refractivity contribution >= 4 is 41.2 Å². The number of nitrogens with one attached hydrogen (secondary N) is 1. The summed E-state index contributed by atoms with van der Waals surface area (Å²) in [6.45, 7) is 0.314. The topological polar surface area (TPSA) is 102 Å². The van der Waals surface area contributed by atoms with Crippen LogP contribution >= 0.6 is 11.8 Å². The lowest BCUT2D eigenvalue weighted by Gasteiger charge is -2.27. The van der Waals surface area contributed by atoms with E-state index >= 15 is 0 Å². The minimum atomic E-state index is -0.794. The van der Waals surface area contributed by atoms with Crippen molar-refractivity contribution in [1.82, 2.24) is 4.90 Å². The van der Waals surface area contributed by atoms with Crippen molar-refractivity contribution in [2.45, 2.75) is 18.3 Å². The van der Waals surface area contributed by atoms with Gasteiger partial charge in [0.1, 0.15) is 6.04 Å². The Morgan fingerprint density at radius 1 is 0.919 bits per heavy atom. The van der Waals surface area contributed by atoms with Gasteiger partial charge in [-0.15, -0.1) is 0 Å². The molecular weight excluding hydrogens is 492 g/mol. The van der Waals surface area contributed by atoms with Gasteiger partial charge >= 0.3 is 11.9 Å². The molecular formula is C28H26N2O6S. The molecule has 1 heterocycles. The van der Waals surface area contributed by atoms with Crippen LogP contribution in [0.25, 0.3) is 0 Å². The maximum Gasteiger partial charge on any atom is 0.337 e. The molecule has 0 fully saturated rings.